The Morgan fingerprint density at radius 1 is 1.55 bits per heavy atom. The minimum absolute atomic E-state index is 0.156. The van der Waals surface area contributed by atoms with Crippen molar-refractivity contribution >= 4 is 0 Å². The van der Waals surface area contributed by atoms with Gasteiger partial charge in [-0.2, -0.15) is 0 Å². The maximum absolute atomic E-state index is 13.7. The third-order valence-corrected chi connectivity index (χ3v) is 3.20. The highest BCUT2D eigenvalue weighted by atomic mass is 19.3. The number of hydrogen-bond acceptors (Lipinski definition) is 5. The molecule has 0 aliphatic carbocycles. The zero-order chi connectivity index (χ0) is 15.1. The molecule has 20 heavy (non-hydrogen) atoms. The van der Waals surface area contributed by atoms with Crippen molar-refractivity contribution in [2.75, 3.05) is 6.61 Å². The lowest BCUT2D eigenvalue weighted by atomic mass is 10.00. The summed E-state index contributed by atoms with van der Waals surface area (Å²) in [5, 5.41) is 18.3. The Morgan fingerprint density at radius 3 is 2.80 bits per heavy atom. The molecule has 2 heterocycles. The van der Waals surface area contributed by atoms with Crippen LogP contribution in [0.4, 0.5) is 8.78 Å². The SMILES string of the molecule is Cc1cn([C@H]2CC(F)(F)[C@H](O)[C@@H](CO)O2)c(=O)[nH]c1=O. The van der Waals surface area contributed by atoms with E-state index in [0.717, 1.165) is 10.8 Å². The second-order valence-electron chi connectivity index (χ2n) is 4.70. The van der Waals surface area contributed by atoms with Crippen LogP contribution in [0.1, 0.15) is 18.2 Å². The van der Waals surface area contributed by atoms with E-state index in [-0.39, 0.29) is 5.56 Å². The first-order valence-electron chi connectivity index (χ1n) is 5.90. The number of nitrogens with one attached hydrogen (secondary N) is 1. The number of H-pyrrole nitrogens is 1. The number of hydrogen-bond donors (Lipinski definition) is 3. The number of alkyl halides is 2. The van der Waals surface area contributed by atoms with Crippen LogP contribution >= 0.6 is 0 Å². The lowest BCUT2D eigenvalue weighted by Gasteiger charge is -2.38. The van der Waals surface area contributed by atoms with Gasteiger partial charge in [-0.05, 0) is 6.92 Å². The number of ether oxygens (including phenoxy) is 1. The fourth-order valence-electron chi connectivity index (χ4n) is 2.06. The normalized spacial score (nSPS) is 29.4. The van der Waals surface area contributed by atoms with Crippen molar-refractivity contribution in [2.45, 2.75) is 37.7 Å². The summed E-state index contributed by atoms with van der Waals surface area (Å²) in [6.45, 7) is 0.596. The Labute approximate surface area is 111 Å². The van der Waals surface area contributed by atoms with Gasteiger partial charge in [-0.3, -0.25) is 14.3 Å². The van der Waals surface area contributed by atoms with Gasteiger partial charge in [0.1, 0.15) is 18.4 Å². The molecule has 1 saturated heterocycles. The number of halogens is 2. The van der Waals surface area contributed by atoms with Gasteiger partial charge < -0.3 is 14.9 Å². The summed E-state index contributed by atoms with van der Waals surface area (Å²) in [5.41, 5.74) is -1.36. The fourth-order valence-corrected chi connectivity index (χ4v) is 2.06. The molecular formula is C11H14F2N2O5. The molecule has 112 valence electrons. The van der Waals surface area contributed by atoms with E-state index in [1.54, 1.807) is 0 Å². The molecule has 0 amide bonds. The van der Waals surface area contributed by atoms with Gasteiger partial charge >= 0.3 is 5.69 Å². The summed E-state index contributed by atoms with van der Waals surface area (Å²) in [6.07, 6.45) is -4.87. The van der Waals surface area contributed by atoms with Gasteiger partial charge in [-0.1, -0.05) is 0 Å². The highest BCUT2D eigenvalue weighted by Crippen LogP contribution is 2.37. The van der Waals surface area contributed by atoms with E-state index in [1.165, 1.54) is 6.92 Å². The molecule has 0 spiro atoms. The van der Waals surface area contributed by atoms with Crippen molar-refractivity contribution in [2.24, 2.45) is 0 Å². The summed E-state index contributed by atoms with van der Waals surface area (Å²) < 4.78 is 33.2. The minimum Gasteiger partial charge on any atom is -0.394 e. The lowest BCUT2D eigenvalue weighted by Crippen LogP contribution is -2.53. The van der Waals surface area contributed by atoms with Gasteiger partial charge in [0.15, 0.2) is 0 Å². The van der Waals surface area contributed by atoms with E-state index >= 15 is 0 Å². The number of aromatic amines is 1. The molecule has 1 fully saturated rings. The highest BCUT2D eigenvalue weighted by molar-refractivity contribution is 5.02. The van der Waals surface area contributed by atoms with Crippen molar-refractivity contribution in [3.63, 3.8) is 0 Å². The first kappa shape index (κ1) is 14.8. The van der Waals surface area contributed by atoms with Crippen molar-refractivity contribution < 1.29 is 23.7 Å². The van der Waals surface area contributed by atoms with E-state index < -0.39 is 48.6 Å². The van der Waals surface area contributed by atoms with E-state index in [9.17, 15) is 23.5 Å². The van der Waals surface area contributed by atoms with E-state index in [4.69, 9.17) is 9.84 Å². The van der Waals surface area contributed by atoms with Crippen molar-refractivity contribution in [3.8, 4) is 0 Å². The number of aryl methyl sites for hydroxylation is 1. The molecule has 3 N–H and O–H groups in total. The number of aliphatic hydroxyl groups excluding tert-OH is 2. The molecule has 3 atom stereocenters. The molecule has 9 heteroatoms. The summed E-state index contributed by atoms with van der Waals surface area (Å²) in [4.78, 5) is 24.9. The maximum Gasteiger partial charge on any atom is 0.330 e. The quantitative estimate of drug-likeness (QED) is 0.656. The van der Waals surface area contributed by atoms with Gasteiger partial charge in [-0.15, -0.1) is 0 Å². The smallest absolute Gasteiger partial charge is 0.330 e. The standard InChI is InChI=1S/C11H14F2N2O5/c1-5-3-15(10(19)14-9(5)18)7-2-11(12,13)8(17)6(4-16)20-7/h3,6-8,16-17H,2,4H2,1H3,(H,14,18,19)/t6-,7-,8-/m1/s1. The number of nitrogens with zero attached hydrogens (tertiary/aromatic N) is 1. The Morgan fingerprint density at radius 2 is 2.20 bits per heavy atom. The second-order valence-corrected chi connectivity index (χ2v) is 4.70. The molecule has 1 aliphatic rings. The van der Waals surface area contributed by atoms with Crippen molar-refractivity contribution in [1.82, 2.24) is 9.55 Å². The molecular weight excluding hydrogens is 278 g/mol. The molecule has 2 rings (SSSR count). The van der Waals surface area contributed by atoms with E-state index in [0.29, 0.717) is 0 Å². The number of aliphatic hydroxyl groups is 2. The Bertz CT molecular complexity index is 612. The Hall–Kier alpha value is -1.58. The van der Waals surface area contributed by atoms with Crippen LogP contribution in [-0.2, 0) is 4.74 Å². The van der Waals surface area contributed by atoms with Gasteiger partial charge in [-0.25, -0.2) is 13.6 Å². The van der Waals surface area contributed by atoms with Gasteiger partial charge in [0.25, 0.3) is 11.5 Å². The lowest BCUT2D eigenvalue weighted by molar-refractivity contribution is -0.259. The molecule has 0 aromatic carbocycles. The molecule has 0 saturated carbocycles. The van der Waals surface area contributed by atoms with Crippen LogP contribution in [0, 0.1) is 6.92 Å². The predicted molar refractivity (Wildman–Crippen MR) is 62.6 cm³/mol. The van der Waals surface area contributed by atoms with Crippen LogP contribution in [0.2, 0.25) is 0 Å². The van der Waals surface area contributed by atoms with Gasteiger partial charge in [0, 0.05) is 11.8 Å². The molecule has 1 aromatic rings. The van der Waals surface area contributed by atoms with E-state index in [1.807, 2.05) is 4.98 Å². The van der Waals surface area contributed by atoms with E-state index in [2.05, 4.69) is 0 Å². The summed E-state index contributed by atoms with van der Waals surface area (Å²) in [7, 11) is 0. The molecule has 1 aliphatic heterocycles. The van der Waals surface area contributed by atoms with Gasteiger partial charge in [0.2, 0.25) is 0 Å². The maximum atomic E-state index is 13.7. The predicted octanol–water partition coefficient (Wildman–Crippen LogP) is -0.879. The zero-order valence-corrected chi connectivity index (χ0v) is 10.5. The third kappa shape index (κ3) is 2.51. The Kier molecular flexibility index (Phi) is 3.76. The largest absolute Gasteiger partial charge is 0.394 e. The first-order valence-corrected chi connectivity index (χ1v) is 5.90. The van der Waals surface area contributed by atoms with Crippen LogP contribution in [0.15, 0.2) is 15.8 Å². The molecule has 1 aromatic heterocycles. The monoisotopic (exact) mass is 292 g/mol. The van der Waals surface area contributed by atoms with Crippen LogP contribution in [0.25, 0.3) is 0 Å². The first-order chi connectivity index (χ1) is 9.26. The third-order valence-electron chi connectivity index (χ3n) is 3.20. The minimum atomic E-state index is -3.51. The molecule has 7 nitrogen and oxygen atoms in total. The molecule has 0 bridgehead atoms. The van der Waals surface area contributed by atoms with Crippen LogP contribution < -0.4 is 11.2 Å². The highest BCUT2D eigenvalue weighted by Gasteiger charge is 2.51. The van der Waals surface area contributed by atoms with Crippen molar-refractivity contribution in [1.29, 1.82) is 0 Å². The topological polar surface area (TPSA) is 105 Å². The number of aromatic nitrogens is 2. The van der Waals surface area contributed by atoms with Crippen LogP contribution in [0.3, 0.4) is 0 Å². The molecule has 0 unspecified atom stereocenters. The Balaban J connectivity index is 2.41. The zero-order valence-electron chi connectivity index (χ0n) is 10.5. The molecule has 0 radical (unpaired) electrons. The average Bonchev–Trinajstić information content (AvgIpc) is 2.37. The van der Waals surface area contributed by atoms with Crippen LogP contribution in [0.5, 0.6) is 0 Å². The summed E-state index contributed by atoms with van der Waals surface area (Å²) >= 11 is 0. The van der Waals surface area contributed by atoms with Crippen LogP contribution in [-0.4, -0.2) is 44.5 Å². The summed E-state index contributed by atoms with van der Waals surface area (Å²) in [6, 6.07) is 0. The van der Waals surface area contributed by atoms with Crippen molar-refractivity contribution in [3.05, 3.63) is 32.6 Å². The summed E-state index contributed by atoms with van der Waals surface area (Å²) in [5.74, 6) is -3.51. The average molecular weight is 292 g/mol. The fraction of sp³-hybridized carbons (Fsp3) is 0.636. The van der Waals surface area contributed by atoms with Gasteiger partial charge in [0.05, 0.1) is 13.0 Å². The second kappa shape index (κ2) is 5.08. The number of rotatable bonds is 2.